The van der Waals surface area contributed by atoms with E-state index in [4.69, 9.17) is 16.7 Å². The van der Waals surface area contributed by atoms with Crippen molar-refractivity contribution in [3.63, 3.8) is 0 Å². The van der Waals surface area contributed by atoms with Gasteiger partial charge in [0.25, 0.3) is 0 Å². The van der Waals surface area contributed by atoms with Crippen LogP contribution < -0.4 is 4.72 Å². The molecule has 2 aromatic heterocycles. The van der Waals surface area contributed by atoms with Gasteiger partial charge in [-0.15, -0.1) is 0 Å². The fourth-order valence-electron chi connectivity index (χ4n) is 1.59. The number of aromatic amines is 1. The molecule has 2 rings (SSSR count). The zero-order chi connectivity index (χ0) is 15.8. The van der Waals surface area contributed by atoms with Crippen molar-refractivity contribution in [1.82, 2.24) is 14.7 Å². The summed E-state index contributed by atoms with van der Waals surface area (Å²) < 4.78 is 26.5. The summed E-state index contributed by atoms with van der Waals surface area (Å²) in [6, 6.07) is 1.43. The molecule has 4 N–H and O–H groups in total. The van der Waals surface area contributed by atoms with Crippen LogP contribution in [-0.2, 0) is 14.8 Å². The molecular weight excluding hydrogens is 322 g/mol. The minimum Gasteiger partial charge on any atom is -0.479 e. The first-order chi connectivity index (χ1) is 9.65. The molecule has 2 aromatic rings. The number of carboxylic acids is 1. The molecule has 0 spiro atoms. The van der Waals surface area contributed by atoms with Crippen LogP contribution in [0.2, 0.25) is 5.02 Å². The SMILES string of the molecule is CC(O)(CNS(=O)(=O)c1c[nH]c2nccc(Cl)c12)C(=O)O. The minimum atomic E-state index is -4.06. The average molecular weight is 334 g/mol. The van der Waals surface area contributed by atoms with E-state index in [1.165, 1.54) is 18.5 Å². The summed E-state index contributed by atoms with van der Waals surface area (Å²) in [7, 11) is -4.06. The predicted octanol–water partition coefficient (Wildman–Crippen LogP) is 0.330. The van der Waals surface area contributed by atoms with Gasteiger partial charge in [0.15, 0.2) is 5.60 Å². The van der Waals surface area contributed by atoms with E-state index in [1.54, 1.807) is 0 Å². The van der Waals surface area contributed by atoms with Crippen molar-refractivity contribution in [2.45, 2.75) is 17.4 Å². The van der Waals surface area contributed by atoms with Crippen molar-refractivity contribution < 1.29 is 23.4 Å². The van der Waals surface area contributed by atoms with Crippen molar-refractivity contribution in [3.8, 4) is 0 Å². The second-order valence-corrected chi connectivity index (χ2v) is 6.72. The van der Waals surface area contributed by atoms with E-state index in [-0.39, 0.29) is 21.0 Å². The highest BCUT2D eigenvalue weighted by Crippen LogP contribution is 2.28. The third kappa shape index (κ3) is 3.00. The van der Waals surface area contributed by atoms with Crippen molar-refractivity contribution in [3.05, 3.63) is 23.5 Å². The Morgan fingerprint density at radius 3 is 2.86 bits per heavy atom. The lowest BCUT2D eigenvalue weighted by atomic mass is 10.1. The van der Waals surface area contributed by atoms with Gasteiger partial charge in [0.05, 0.1) is 17.0 Å². The molecule has 10 heteroatoms. The number of aromatic nitrogens is 2. The van der Waals surface area contributed by atoms with Crippen LogP contribution in [0.25, 0.3) is 11.0 Å². The van der Waals surface area contributed by atoms with Gasteiger partial charge in [-0.2, -0.15) is 0 Å². The number of halogens is 1. The standard InChI is InChI=1S/C11H12ClN3O5S/c1-11(18,10(16)17)5-15-21(19,20)7-4-14-9-8(7)6(12)2-3-13-9/h2-4,15,18H,5H2,1H3,(H,13,14)(H,16,17). The Hall–Kier alpha value is -1.68. The highest BCUT2D eigenvalue weighted by molar-refractivity contribution is 7.89. The summed E-state index contributed by atoms with van der Waals surface area (Å²) in [5, 5.41) is 18.7. The number of H-pyrrole nitrogens is 1. The Morgan fingerprint density at radius 2 is 2.24 bits per heavy atom. The molecule has 2 heterocycles. The smallest absolute Gasteiger partial charge is 0.336 e. The van der Waals surface area contributed by atoms with Crippen LogP contribution in [0.1, 0.15) is 6.92 Å². The number of carbonyl (C=O) groups is 1. The number of aliphatic carboxylic acids is 1. The number of rotatable bonds is 5. The number of carboxylic acid groups (broad SMARTS) is 1. The monoisotopic (exact) mass is 333 g/mol. The Morgan fingerprint density at radius 1 is 1.57 bits per heavy atom. The normalized spacial score (nSPS) is 15.0. The first-order valence-electron chi connectivity index (χ1n) is 5.72. The molecule has 0 aromatic carbocycles. The van der Waals surface area contributed by atoms with Crippen LogP contribution in [0.5, 0.6) is 0 Å². The molecule has 1 unspecified atom stereocenters. The Balaban J connectivity index is 2.37. The lowest BCUT2D eigenvalue weighted by Gasteiger charge is -2.18. The molecular formula is C11H12ClN3O5S. The van der Waals surface area contributed by atoms with Gasteiger partial charge in [0.1, 0.15) is 10.5 Å². The van der Waals surface area contributed by atoms with Gasteiger partial charge in [-0.25, -0.2) is 22.9 Å². The van der Waals surface area contributed by atoms with Gasteiger partial charge >= 0.3 is 5.97 Å². The van der Waals surface area contributed by atoms with E-state index in [2.05, 4.69) is 9.97 Å². The van der Waals surface area contributed by atoms with Gasteiger partial charge in [-0.05, 0) is 13.0 Å². The summed E-state index contributed by atoms with van der Waals surface area (Å²) in [6.07, 6.45) is 2.61. The number of nitrogens with one attached hydrogen (secondary N) is 2. The highest BCUT2D eigenvalue weighted by Gasteiger charge is 2.32. The van der Waals surface area contributed by atoms with Crippen LogP contribution in [0.15, 0.2) is 23.4 Å². The average Bonchev–Trinajstić information content (AvgIpc) is 2.83. The van der Waals surface area contributed by atoms with Crippen LogP contribution in [0.4, 0.5) is 0 Å². The largest absolute Gasteiger partial charge is 0.479 e. The number of hydrogen-bond donors (Lipinski definition) is 4. The van der Waals surface area contributed by atoms with E-state index in [9.17, 15) is 18.3 Å². The summed E-state index contributed by atoms with van der Waals surface area (Å²) >= 11 is 5.95. The molecule has 0 aliphatic heterocycles. The summed E-state index contributed by atoms with van der Waals surface area (Å²) in [5.41, 5.74) is -1.94. The van der Waals surface area contributed by atoms with Crippen LogP contribution in [-0.4, -0.2) is 46.7 Å². The first-order valence-corrected chi connectivity index (χ1v) is 7.58. The fourth-order valence-corrected chi connectivity index (χ4v) is 3.21. The molecule has 0 aliphatic rings. The van der Waals surface area contributed by atoms with Crippen LogP contribution in [0.3, 0.4) is 0 Å². The summed E-state index contributed by atoms with van der Waals surface area (Å²) in [6.45, 7) is 0.302. The number of nitrogens with zero attached hydrogens (tertiary/aromatic N) is 1. The van der Waals surface area contributed by atoms with Gasteiger partial charge in [0, 0.05) is 12.4 Å². The summed E-state index contributed by atoms with van der Waals surface area (Å²) in [4.78, 5) is 17.2. The number of sulfonamides is 1. The van der Waals surface area contributed by atoms with Gasteiger partial charge in [-0.3, -0.25) is 0 Å². The van der Waals surface area contributed by atoms with Crippen molar-refractivity contribution in [2.75, 3.05) is 6.54 Å². The maximum atomic E-state index is 12.2. The Kier molecular flexibility index (Phi) is 3.93. The molecule has 0 fully saturated rings. The van der Waals surface area contributed by atoms with E-state index < -0.39 is 28.1 Å². The first kappa shape index (κ1) is 15.7. The lowest BCUT2D eigenvalue weighted by molar-refractivity contribution is -0.155. The fraction of sp³-hybridized carbons (Fsp3) is 0.273. The van der Waals surface area contributed by atoms with Gasteiger partial charge < -0.3 is 15.2 Å². The van der Waals surface area contributed by atoms with Crippen molar-refractivity contribution in [1.29, 1.82) is 0 Å². The molecule has 0 amide bonds. The van der Waals surface area contributed by atoms with E-state index in [1.807, 2.05) is 4.72 Å². The lowest BCUT2D eigenvalue weighted by Crippen LogP contribution is -2.46. The zero-order valence-electron chi connectivity index (χ0n) is 10.8. The molecule has 114 valence electrons. The zero-order valence-corrected chi connectivity index (χ0v) is 12.4. The van der Waals surface area contributed by atoms with Gasteiger partial charge in [-0.1, -0.05) is 11.6 Å². The molecule has 0 saturated heterocycles. The maximum Gasteiger partial charge on any atom is 0.336 e. The second-order valence-electron chi connectivity index (χ2n) is 4.57. The van der Waals surface area contributed by atoms with Crippen LogP contribution >= 0.6 is 11.6 Å². The van der Waals surface area contributed by atoms with E-state index in [0.717, 1.165) is 6.92 Å². The number of aliphatic hydroxyl groups is 1. The molecule has 0 radical (unpaired) electrons. The third-order valence-corrected chi connectivity index (χ3v) is 4.58. The Labute approximate surface area is 124 Å². The molecule has 21 heavy (non-hydrogen) atoms. The van der Waals surface area contributed by atoms with Crippen molar-refractivity contribution in [2.24, 2.45) is 0 Å². The maximum absolute atomic E-state index is 12.2. The number of fused-ring (bicyclic) bond motifs is 1. The second kappa shape index (κ2) is 5.26. The third-order valence-electron chi connectivity index (χ3n) is 2.84. The molecule has 0 saturated carbocycles. The van der Waals surface area contributed by atoms with Crippen molar-refractivity contribution >= 4 is 38.6 Å². The minimum absolute atomic E-state index is 0.170. The van der Waals surface area contributed by atoms with Gasteiger partial charge in [0.2, 0.25) is 10.0 Å². The highest BCUT2D eigenvalue weighted by atomic mass is 35.5. The Bertz CT molecular complexity index is 799. The van der Waals surface area contributed by atoms with Crippen LogP contribution in [0, 0.1) is 0 Å². The van der Waals surface area contributed by atoms with E-state index >= 15 is 0 Å². The number of pyridine rings is 1. The predicted molar refractivity (Wildman–Crippen MR) is 74.6 cm³/mol. The summed E-state index contributed by atoms with van der Waals surface area (Å²) in [5.74, 6) is -1.54. The molecule has 0 aliphatic carbocycles. The number of hydrogen-bond acceptors (Lipinski definition) is 5. The van der Waals surface area contributed by atoms with E-state index in [0.29, 0.717) is 0 Å². The quantitative estimate of drug-likeness (QED) is 0.623. The molecule has 8 nitrogen and oxygen atoms in total. The molecule has 0 bridgehead atoms. The topological polar surface area (TPSA) is 132 Å². The molecule has 1 atom stereocenters.